The molecule has 0 aliphatic carbocycles. The number of hydrogen-bond acceptors (Lipinski definition) is 2. The Hall–Kier alpha value is -0.390. The van der Waals surface area contributed by atoms with Crippen LogP contribution in [-0.2, 0) is 10.0 Å². The van der Waals surface area contributed by atoms with Gasteiger partial charge in [0.15, 0.2) is 0 Å². The number of hydrogen-bond donors (Lipinski definition) is 0. The second-order valence-corrected chi connectivity index (χ2v) is 8.25. The average molecular weight is 360 g/mol. The van der Waals surface area contributed by atoms with Crippen LogP contribution in [0.4, 0.5) is 0 Å². The molecule has 1 heterocycles. The molecule has 1 atom stereocenters. The normalized spacial score (nSPS) is 21.1. The predicted octanol–water partition coefficient (Wildman–Crippen LogP) is 4.02. The van der Waals surface area contributed by atoms with Crippen LogP contribution in [0.5, 0.6) is 0 Å². The summed E-state index contributed by atoms with van der Waals surface area (Å²) < 4.78 is 28.5. The summed E-state index contributed by atoms with van der Waals surface area (Å²) in [5.74, 6) is 0. The van der Waals surface area contributed by atoms with Gasteiger partial charge in [-0.2, -0.15) is 4.31 Å². The highest BCUT2D eigenvalue weighted by Crippen LogP contribution is 2.31. The minimum atomic E-state index is -3.39. The van der Waals surface area contributed by atoms with Crippen molar-refractivity contribution < 1.29 is 8.42 Å². The molecule has 112 valence electrons. The molecule has 1 aromatic rings. The maximum absolute atomic E-state index is 12.9. The van der Waals surface area contributed by atoms with Crippen molar-refractivity contribution in [3.8, 4) is 0 Å². The van der Waals surface area contributed by atoms with E-state index in [1.54, 1.807) is 10.4 Å². The lowest BCUT2D eigenvalue weighted by Gasteiger charge is -2.34. The average Bonchev–Trinajstić information content (AvgIpc) is 2.42. The van der Waals surface area contributed by atoms with E-state index in [4.69, 9.17) is 0 Å². The zero-order chi connectivity index (χ0) is 14.9. The van der Waals surface area contributed by atoms with Crippen molar-refractivity contribution in [1.82, 2.24) is 4.31 Å². The number of piperidine rings is 1. The minimum Gasteiger partial charge on any atom is -0.207 e. The number of sulfonamides is 1. The van der Waals surface area contributed by atoms with Gasteiger partial charge in [-0.05, 0) is 50.3 Å². The molecule has 0 aromatic heterocycles. The lowest BCUT2D eigenvalue weighted by Crippen LogP contribution is -2.43. The Bertz CT molecular complexity index is 598. The number of rotatable bonds is 3. The first-order valence-electron chi connectivity index (χ1n) is 7.16. The lowest BCUT2D eigenvalue weighted by atomic mass is 10.0. The first kappa shape index (κ1) is 16.0. The van der Waals surface area contributed by atoms with Crippen LogP contribution < -0.4 is 0 Å². The molecule has 0 N–H and O–H groups in total. The highest BCUT2D eigenvalue weighted by molar-refractivity contribution is 9.10. The Morgan fingerprint density at radius 1 is 1.25 bits per heavy atom. The van der Waals surface area contributed by atoms with Gasteiger partial charge in [0.1, 0.15) is 0 Å². The lowest BCUT2D eigenvalue weighted by molar-refractivity contribution is 0.246. The molecular formula is C15H22BrNO2S. The van der Waals surface area contributed by atoms with E-state index in [0.29, 0.717) is 11.4 Å². The molecule has 2 rings (SSSR count). The summed E-state index contributed by atoms with van der Waals surface area (Å²) in [5.41, 5.74) is 1.89. The molecule has 0 amide bonds. The molecule has 1 unspecified atom stereocenters. The zero-order valence-electron chi connectivity index (χ0n) is 12.3. The SMILES string of the molecule is CCC1CCCCN1S(=O)(=O)c1cc(Br)c(C)cc1C. The van der Waals surface area contributed by atoms with Crippen molar-refractivity contribution >= 4 is 26.0 Å². The maximum atomic E-state index is 12.9. The topological polar surface area (TPSA) is 37.4 Å². The maximum Gasteiger partial charge on any atom is 0.243 e. The number of aryl methyl sites for hydroxylation is 2. The van der Waals surface area contributed by atoms with E-state index in [9.17, 15) is 8.42 Å². The van der Waals surface area contributed by atoms with Crippen molar-refractivity contribution in [2.45, 2.75) is 57.4 Å². The molecule has 3 nitrogen and oxygen atoms in total. The van der Waals surface area contributed by atoms with Crippen LogP contribution in [0.1, 0.15) is 43.7 Å². The molecular weight excluding hydrogens is 338 g/mol. The molecule has 20 heavy (non-hydrogen) atoms. The fourth-order valence-electron chi connectivity index (χ4n) is 2.91. The fourth-order valence-corrected chi connectivity index (χ4v) is 5.41. The minimum absolute atomic E-state index is 0.147. The van der Waals surface area contributed by atoms with E-state index in [1.165, 1.54) is 0 Å². The van der Waals surface area contributed by atoms with Gasteiger partial charge in [-0.1, -0.05) is 35.3 Å². The molecule has 0 bridgehead atoms. The number of halogens is 1. The van der Waals surface area contributed by atoms with Crippen LogP contribution in [0.25, 0.3) is 0 Å². The molecule has 1 saturated heterocycles. The van der Waals surface area contributed by atoms with Crippen molar-refractivity contribution in [3.63, 3.8) is 0 Å². The van der Waals surface area contributed by atoms with Crippen molar-refractivity contribution in [2.24, 2.45) is 0 Å². The van der Waals surface area contributed by atoms with E-state index in [0.717, 1.165) is 41.3 Å². The summed E-state index contributed by atoms with van der Waals surface area (Å²) in [6, 6.07) is 3.83. The summed E-state index contributed by atoms with van der Waals surface area (Å²) >= 11 is 3.45. The zero-order valence-corrected chi connectivity index (χ0v) is 14.7. The van der Waals surface area contributed by atoms with Crippen molar-refractivity contribution in [2.75, 3.05) is 6.54 Å². The van der Waals surface area contributed by atoms with Crippen LogP contribution in [0, 0.1) is 13.8 Å². The Balaban J connectivity index is 2.46. The third kappa shape index (κ3) is 2.95. The van der Waals surface area contributed by atoms with Gasteiger partial charge < -0.3 is 0 Å². The molecule has 1 aliphatic heterocycles. The third-order valence-corrected chi connectivity index (χ3v) is 7.04. The van der Waals surface area contributed by atoms with Gasteiger partial charge in [-0.15, -0.1) is 0 Å². The Kier molecular flexibility index (Phi) is 4.92. The van der Waals surface area contributed by atoms with Gasteiger partial charge in [0, 0.05) is 17.1 Å². The number of benzene rings is 1. The molecule has 0 spiro atoms. The van der Waals surface area contributed by atoms with Crippen molar-refractivity contribution in [1.29, 1.82) is 0 Å². The highest BCUT2D eigenvalue weighted by Gasteiger charge is 2.33. The molecule has 1 fully saturated rings. The Morgan fingerprint density at radius 2 is 1.95 bits per heavy atom. The van der Waals surface area contributed by atoms with Gasteiger partial charge >= 0.3 is 0 Å². The molecule has 1 aromatic carbocycles. The van der Waals surface area contributed by atoms with Gasteiger partial charge in [-0.3, -0.25) is 0 Å². The highest BCUT2D eigenvalue weighted by atomic mass is 79.9. The quantitative estimate of drug-likeness (QED) is 0.817. The van der Waals surface area contributed by atoms with Crippen LogP contribution in [0.2, 0.25) is 0 Å². The first-order valence-corrected chi connectivity index (χ1v) is 9.39. The summed E-state index contributed by atoms with van der Waals surface area (Å²) in [6.07, 6.45) is 3.94. The first-order chi connectivity index (χ1) is 9.37. The van der Waals surface area contributed by atoms with Crippen LogP contribution >= 0.6 is 15.9 Å². The molecule has 0 radical (unpaired) electrons. The van der Waals surface area contributed by atoms with Crippen LogP contribution in [-0.4, -0.2) is 25.3 Å². The van der Waals surface area contributed by atoms with E-state index >= 15 is 0 Å². The molecule has 1 aliphatic rings. The Morgan fingerprint density at radius 3 is 2.60 bits per heavy atom. The van der Waals surface area contributed by atoms with Gasteiger partial charge in [0.2, 0.25) is 10.0 Å². The molecule has 0 saturated carbocycles. The van der Waals surface area contributed by atoms with Gasteiger partial charge in [-0.25, -0.2) is 8.42 Å². The van der Waals surface area contributed by atoms with Gasteiger partial charge in [0.25, 0.3) is 0 Å². The predicted molar refractivity (Wildman–Crippen MR) is 85.4 cm³/mol. The second kappa shape index (κ2) is 6.16. The fraction of sp³-hybridized carbons (Fsp3) is 0.600. The summed E-state index contributed by atoms with van der Waals surface area (Å²) in [5, 5.41) is 0. The standard InChI is InChI=1S/C15H22BrNO2S/c1-4-13-7-5-6-8-17(13)20(18,19)15-10-14(16)11(2)9-12(15)3/h9-10,13H,4-8H2,1-3H3. The van der Waals surface area contributed by atoms with E-state index in [-0.39, 0.29) is 6.04 Å². The summed E-state index contributed by atoms with van der Waals surface area (Å²) in [7, 11) is -3.39. The summed E-state index contributed by atoms with van der Waals surface area (Å²) in [4.78, 5) is 0.440. The monoisotopic (exact) mass is 359 g/mol. The second-order valence-electron chi connectivity index (χ2n) is 5.54. The molecule has 5 heteroatoms. The Labute approximate surface area is 130 Å². The number of nitrogens with zero attached hydrogens (tertiary/aromatic N) is 1. The smallest absolute Gasteiger partial charge is 0.207 e. The van der Waals surface area contributed by atoms with Crippen molar-refractivity contribution in [3.05, 3.63) is 27.7 Å². The third-order valence-electron chi connectivity index (χ3n) is 4.09. The van der Waals surface area contributed by atoms with Crippen LogP contribution in [0.15, 0.2) is 21.5 Å². The van der Waals surface area contributed by atoms with Gasteiger partial charge in [0.05, 0.1) is 4.90 Å². The largest absolute Gasteiger partial charge is 0.243 e. The summed E-state index contributed by atoms with van der Waals surface area (Å²) in [6.45, 7) is 6.56. The van der Waals surface area contributed by atoms with E-state index in [2.05, 4.69) is 22.9 Å². The van der Waals surface area contributed by atoms with E-state index in [1.807, 2.05) is 19.9 Å². The van der Waals surface area contributed by atoms with E-state index < -0.39 is 10.0 Å². The van der Waals surface area contributed by atoms with Crippen LogP contribution in [0.3, 0.4) is 0 Å².